The van der Waals surface area contributed by atoms with Crippen LogP contribution < -0.4 is 10.1 Å². The van der Waals surface area contributed by atoms with E-state index >= 15 is 0 Å². The third-order valence-electron chi connectivity index (χ3n) is 3.46. The number of aromatic nitrogens is 1. The molecule has 2 aromatic carbocycles. The molecule has 0 fully saturated rings. The number of benzene rings is 2. The van der Waals surface area contributed by atoms with Gasteiger partial charge in [-0.3, -0.25) is 9.78 Å². The molecule has 0 unspecified atom stereocenters. The second kappa shape index (κ2) is 5.85. The number of hydrogen-bond donors (Lipinski definition) is 1. The number of fused-ring (bicyclic) bond motifs is 1. The first kappa shape index (κ1) is 14.1. The molecule has 0 bridgehead atoms. The van der Waals surface area contributed by atoms with E-state index in [0.29, 0.717) is 0 Å². The molecule has 3 rings (SSSR count). The number of amides is 1. The molecule has 1 amide bonds. The molecular weight excluding hydrogens is 276 g/mol. The summed E-state index contributed by atoms with van der Waals surface area (Å²) in [6.07, 6.45) is 1.84. The summed E-state index contributed by atoms with van der Waals surface area (Å²) in [4.78, 5) is 15.8. The first-order chi connectivity index (χ1) is 10.7. The van der Waals surface area contributed by atoms with Crippen LogP contribution in [-0.2, 0) is 4.79 Å². The van der Waals surface area contributed by atoms with Gasteiger partial charge in [-0.25, -0.2) is 0 Å². The van der Waals surface area contributed by atoms with Gasteiger partial charge in [0.05, 0.1) is 18.3 Å². The molecule has 0 saturated heterocycles. The first-order valence-electron chi connectivity index (χ1n) is 6.98. The third-order valence-corrected chi connectivity index (χ3v) is 3.46. The molecule has 4 heteroatoms. The highest BCUT2D eigenvalue weighted by atomic mass is 16.5. The first-order valence-corrected chi connectivity index (χ1v) is 6.98. The van der Waals surface area contributed by atoms with E-state index in [0.717, 1.165) is 33.5 Å². The van der Waals surface area contributed by atoms with Gasteiger partial charge in [-0.2, -0.15) is 0 Å². The Morgan fingerprint density at radius 2 is 1.86 bits per heavy atom. The summed E-state index contributed by atoms with van der Waals surface area (Å²) in [6, 6.07) is 15.5. The highest BCUT2D eigenvalue weighted by Crippen LogP contribution is 2.28. The summed E-state index contributed by atoms with van der Waals surface area (Å²) >= 11 is 0. The number of carbonyl (C=O) groups is 1. The van der Waals surface area contributed by atoms with Crippen LogP contribution >= 0.6 is 0 Å². The van der Waals surface area contributed by atoms with Gasteiger partial charge in [0, 0.05) is 24.1 Å². The molecule has 0 saturated carbocycles. The highest BCUT2D eigenvalue weighted by Gasteiger charge is 2.06. The SMILES string of the molecule is COc1ccc(-c2cnc3cccc(NC(C)=O)c3c2)cc1. The summed E-state index contributed by atoms with van der Waals surface area (Å²) in [7, 11) is 1.65. The van der Waals surface area contributed by atoms with Crippen molar-refractivity contribution in [3.05, 3.63) is 54.7 Å². The van der Waals surface area contributed by atoms with Crippen LogP contribution in [0, 0.1) is 0 Å². The molecule has 110 valence electrons. The molecule has 0 atom stereocenters. The van der Waals surface area contributed by atoms with E-state index in [1.807, 2.05) is 54.7 Å². The predicted octanol–water partition coefficient (Wildman–Crippen LogP) is 3.87. The largest absolute Gasteiger partial charge is 0.497 e. The smallest absolute Gasteiger partial charge is 0.221 e. The maximum absolute atomic E-state index is 11.3. The number of hydrogen-bond acceptors (Lipinski definition) is 3. The number of ether oxygens (including phenoxy) is 1. The Morgan fingerprint density at radius 3 is 2.55 bits per heavy atom. The van der Waals surface area contributed by atoms with Gasteiger partial charge in [0.15, 0.2) is 0 Å². The minimum Gasteiger partial charge on any atom is -0.497 e. The lowest BCUT2D eigenvalue weighted by molar-refractivity contribution is -0.114. The summed E-state index contributed by atoms with van der Waals surface area (Å²) in [5, 5.41) is 3.77. The number of nitrogens with zero attached hydrogens (tertiary/aromatic N) is 1. The summed E-state index contributed by atoms with van der Waals surface area (Å²) < 4.78 is 5.18. The second-order valence-corrected chi connectivity index (χ2v) is 5.01. The lowest BCUT2D eigenvalue weighted by Crippen LogP contribution is -2.06. The molecule has 22 heavy (non-hydrogen) atoms. The molecule has 0 radical (unpaired) electrons. The molecule has 0 aliphatic heterocycles. The maximum atomic E-state index is 11.3. The highest BCUT2D eigenvalue weighted by molar-refractivity contribution is 6.01. The van der Waals surface area contributed by atoms with Crippen molar-refractivity contribution in [1.82, 2.24) is 4.98 Å². The lowest BCUT2D eigenvalue weighted by atomic mass is 10.0. The van der Waals surface area contributed by atoms with Gasteiger partial charge in [0.2, 0.25) is 5.91 Å². The van der Waals surface area contributed by atoms with E-state index in [2.05, 4.69) is 10.3 Å². The Labute approximate surface area is 128 Å². The zero-order valence-corrected chi connectivity index (χ0v) is 12.5. The van der Waals surface area contributed by atoms with Crippen LogP contribution in [0.15, 0.2) is 54.7 Å². The van der Waals surface area contributed by atoms with Gasteiger partial charge < -0.3 is 10.1 Å². The van der Waals surface area contributed by atoms with Crippen LogP contribution in [0.5, 0.6) is 5.75 Å². The second-order valence-electron chi connectivity index (χ2n) is 5.01. The van der Waals surface area contributed by atoms with Crippen molar-refractivity contribution in [3.63, 3.8) is 0 Å². The molecule has 0 aliphatic rings. The number of pyridine rings is 1. The van der Waals surface area contributed by atoms with Gasteiger partial charge >= 0.3 is 0 Å². The van der Waals surface area contributed by atoms with E-state index in [-0.39, 0.29) is 5.91 Å². The minimum atomic E-state index is -0.0950. The molecular formula is C18H16N2O2. The standard InChI is InChI=1S/C18H16N2O2/c1-12(21)20-18-5-3-4-17-16(18)10-14(11-19-17)13-6-8-15(22-2)9-7-13/h3-11H,1-2H3,(H,20,21). The lowest BCUT2D eigenvalue weighted by Gasteiger charge is -2.09. The number of methoxy groups -OCH3 is 1. The topological polar surface area (TPSA) is 51.2 Å². The fourth-order valence-electron chi connectivity index (χ4n) is 2.39. The number of nitrogens with one attached hydrogen (secondary N) is 1. The summed E-state index contributed by atoms with van der Waals surface area (Å²) in [6.45, 7) is 1.50. The Kier molecular flexibility index (Phi) is 3.74. The number of carbonyl (C=O) groups excluding carboxylic acids is 1. The van der Waals surface area contributed by atoms with E-state index in [1.165, 1.54) is 6.92 Å². The zero-order chi connectivity index (χ0) is 15.5. The van der Waals surface area contributed by atoms with Gasteiger partial charge in [0.25, 0.3) is 0 Å². The zero-order valence-electron chi connectivity index (χ0n) is 12.5. The fraction of sp³-hybridized carbons (Fsp3) is 0.111. The van der Waals surface area contributed by atoms with Gasteiger partial charge in [-0.15, -0.1) is 0 Å². The minimum absolute atomic E-state index is 0.0950. The van der Waals surface area contributed by atoms with E-state index < -0.39 is 0 Å². The quantitative estimate of drug-likeness (QED) is 0.797. The average Bonchev–Trinajstić information content (AvgIpc) is 2.54. The van der Waals surface area contributed by atoms with Crippen LogP contribution in [0.25, 0.3) is 22.0 Å². The molecule has 0 spiro atoms. The van der Waals surface area contributed by atoms with Crippen LogP contribution in [-0.4, -0.2) is 18.0 Å². The molecule has 1 heterocycles. The van der Waals surface area contributed by atoms with Crippen molar-refractivity contribution >= 4 is 22.5 Å². The van der Waals surface area contributed by atoms with Crippen molar-refractivity contribution in [3.8, 4) is 16.9 Å². The third kappa shape index (κ3) is 2.76. The van der Waals surface area contributed by atoms with Crippen molar-refractivity contribution in [2.45, 2.75) is 6.92 Å². The summed E-state index contributed by atoms with van der Waals surface area (Å²) in [5.74, 6) is 0.721. The molecule has 4 nitrogen and oxygen atoms in total. The van der Waals surface area contributed by atoms with E-state index in [9.17, 15) is 4.79 Å². The van der Waals surface area contributed by atoms with E-state index in [1.54, 1.807) is 7.11 Å². The van der Waals surface area contributed by atoms with Gasteiger partial charge in [0.1, 0.15) is 5.75 Å². The molecule has 3 aromatic rings. The van der Waals surface area contributed by atoms with Crippen LogP contribution in [0.4, 0.5) is 5.69 Å². The Balaban J connectivity index is 2.09. The molecule has 1 aromatic heterocycles. The Bertz CT molecular complexity index is 826. The number of anilines is 1. The molecule has 0 aliphatic carbocycles. The van der Waals surface area contributed by atoms with Crippen molar-refractivity contribution in [1.29, 1.82) is 0 Å². The van der Waals surface area contributed by atoms with Crippen LogP contribution in [0.2, 0.25) is 0 Å². The van der Waals surface area contributed by atoms with Crippen molar-refractivity contribution < 1.29 is 9.53 Å². The van der Waals surface area contributed by atoms with E-state index in [4.69, 9.17) is 4.74 Å². The maximum Gasteiger partial charge on any atom is 0.221 e. The Morgan fingerprint density at radius 1 is 1.09 bits per heavy atom. The van der Waals surface area contributed by atoms with Crippen LogP contribution in [0.1, 0.15) is 6.92 Å². The van der Waals surface area contributed by atoms with Gasteiger partial charge in [-0.05, 0) is 35.9 Å². The normalized spacial score (nSPS) is 10.5. The van der Waals surface area contributed by atoms with Crippen molar-refractivity contribution in [2.24, 2.45) is 0 Å². The van der Waals surface area contributed by atoms with Crippen LogP contribution in [0.3, 0.4) is 0 Å². The number of rotatable bonds is 3. The van der Waals surface area contributed by atoms with Crippen molar-refractivity contribution in [2.75, 3.05) is 12.4 Å². The predicted molar refractivity (Wildman–Crippen MR) is 88.0 cm³/mol. The fourth-order valence-corrected chi connectivity index (χ4v) is 2.39. The van der Waals surface area contributed by atoms with Gasteiger partial charge in [-0.1, -0.05) is 18.2 Å². The molecule has 1 N–H and O–H groups in total. The monoisotopic (exact) mass is 292 g/mol. The average molecular weight is 292 g/mol. The Hall–Kier alpha value is -2.88. The summed E-state index contributed by atoms with van der Waals surface area (Å²) in [5.41, 5.74) is 3.66.